The summed E-state index contributed by atoms with van der Waals surface area (Å²) in [5.74, 6) is 1.17. The van der Waals surface area contributed by atoms with E-state index in [2.05, 4.69) is 28.1 Å². The van der Waals surface area contributed by atoms with E-state index < -0.39 is 0 Å². The van der Waals surface area contributed by atoms with Crippen LogP contribution in [0.3, 0.4) is 0 Å². The van der Waals surface area contributed by atoms with Gasteiger partial charge in [-0.3, -0.25) is 0 Å². The normalized spacial score (nSPS) is 10.7. The van der Waals surface area contributed by atoms with Crippen molar-refractivity contribution in [3.63, 3.8) is 0 Å². The van der Waals surface area contributed by atoms with E-state index in [1.54, 1.807) is 37.5 Å². The van der Waals surface area contributed by atoms with Crippen molar-refractivity contribution in [2.24, 2.45) is 0 Å². The van der Waals surface area contributed by atoms with Gasteiger partial charge in [-0.2, -0.15) is 10.5 Å². The summed E-state index contributed by atoms with van der Waals surface area (Å²) in [6, 6.07) is 24.8. The molecule has 0 spiro atoms. The lowest BCUT2D eigenvalue weighted by molar-refractivity contribution is 0.282. The second-order valence-electron chi connectivity index (χ2n) is 6.17. The minimum Gasteiger partial charge on any atom is -0.493 e. The highest BCUT2D eigenvalue weighted by molar-refractivity contribution is 9.10. The van der Waals surface area contributed by atoms with Crippen LogP contribution in [0.15, 0.2) is 71.2 Å². The highest BCUT2D eigenvalue weighted by Crippen LogP contribution is 2.38. The van der Waals surface area contributed by atoms with Gasteiger partial charge in [-0.15, -0.1) is 0 Å². The standard InChI is InChI=1S/C24H17BrN2O2/c1-28-23-13-19(11-21(15-27)20-9-7-17(14-26)8-10-20)12-22(25)24(23)29-16-18-5-3-2-4-6-18/h2-13H,16H2,1H3/b21-11-. The first kappa shape index (κ1) is 20.2. The van der Waals surface area contributed by atoms with Crippen molar-refractivity contribution >= 4 is 27.6 Å². The summed E-state index contributed by atoms with van der Waals surface area (Å²) >= 11 is 3.55. The van der Waals surface area contributed by atoms with Crippen molar-refractivity contribution in [1.29, 1.82) is 10.5 Å². The number of nitrogens with zero attached hydrogens (tertiary/aromatic N) is 2. The molecule has 0 atom stereocenters. The zero-order valence-corrected chi connectivity index (χ0v) is 17.3. The number of allylic oxidation sites excluding steroid dienone is 1. The summed E-state index contributed by atoms with van der Waals surface area (Å²) in [7, 11) is 1.58. The molecule has 0 bridgehead atoms. The largest absolute Gasteiger partial charge is 0.493 e. The lowest BCUT2D eigenvalue weighted by atomic mass is 10.0. The van der Waals surface area contributed by atoms with Gasteiger partial charge in [-0.1, -0.05) is 42.5 Å². The number of rotatable bonds is 6. The summed E-state index contributed by atoms with van der Waals surface area (Å²) < 4.78 is 12.2. The summed E-state index contributed by atoms with van der Waals surface area (Å²) in [5.41, 5.74) is 3.63. The maximum Gasteiger partial charge on any atom is 0.175 e. The molecular formula is C24H17BrN2O2. The molecule has 0 aliphatic carbocycles. The number of halogens is 1. The average Bonchev–Trinajstić information content (AvgIpc) is 2.77. The highest BCUT2D eigenvalue weighted by atomic mass is 79.9. The summed E-state index contributed by atoms with van der Waals surface area (Å²) in [5, 5.41) is 18.5. The van der Waals surface area contributed by atoms with Gasteiger partial charge in [0.05, 0.1) is 34.9 Å². The molecule has 0 aliphatic rings. The fraction of sp³-hybridized carbons (Fsp3) is 0.0833. The van der Waals surface area contributed by atoms with Crippen LogP contribution in [0.4, 0.5) is 0 Å². The van der Waals surface area contributed by atoms with E-state index in [1.807, 2.05) is 42.5 Å². The molecule has 0 amide bonds. The van der Waals surface area contributed by atoms with Crippen molar-refractivity contribution in [3.8, 4) is 23.6 Å². The van der Waals surface area contributed by atoms with Crippen LogP contribution >= 0.6 is 15.9 Å². The summed E-state index contributed by atoms with van der Waals surface area (Å²) in [6.45, 7) is 0.416. The Morgan fingerprint density at radius 3 is 2.38 bits per heavy atom. The average molecular weight is 445 g/mol. The molecular weight excluding hydrogens is 428 g/mol. The number of ether oxygens (including phenoxy) is 2. The van der Waals surface area contributed by atoms with Gasteiger partial charge in [-0.05, 0) is 63.0 Å². The smallest absolute Gasteiger partial charge is 0.175 e. The fourth-order valence-corrected chi connectivity index (χ4v) is 3.34. The topological polar surface area (TPSA) is 66.0 Å². The third-order valence-corrected chi connectivity index (χ3v) is 4.82. The lowest BCUT2D eigenvalue weighted by Crippen LogP contribution is -1.99. The minimum absolute atomic E-state index is 0.416. The van der Waals surface area contributed by atoms with Gasteiger partial charge < -0.3 is 9.47 Å². The Hall–Kier alpha value is -3.54. The molecule has 3 aromatic carbocycles. The van der Waals surface area contributed by atoms with Crippen LogP contribution in [0.25, 0.3) is 11.6 Å². The van der Waals surface area contributed by atoms with E-state index in [0.717, 1.165) is 21.2 Å². The Labute approximate surface area is 178 Å². The molecule has 0 heterocycles. The fourth-order valence-electron chi connectivity index (χ4n) is 2.76. The molecule has 0 saturated carbocycles. The van der Waals surface area contributed by atoms with Crippen molar-refractivity contribution in [3.05, 3.63) is 93.5 Å². The SMILES string of the molecule is COc1cc(/C=C(/C#N)c2ccc(C#N)cc2)cc(Br)c1OCc1ccccc1. The van der Waals surface area contributed by atoms with Crippen molar-refractivity contribution in [2.75, 3.05) is 7.11 Å². The lowest BCUT2D eigenvalue weighted by Gasteiger charge is -2.14. The Balaban J connectivity index is 1.89. The van der Waals surface area contributed by atoms with Crippen LogP contribution in [-0.4, -0.2) is 7.11 Å². The molecule has 3 aromatic rings. The van der Waals surface area contributed by atoms with Crippen LogP contribution in [0.5, 0.6) is 11.5 Å². The third kappa shape index (κ3) is 5.04. The minimum atomic E-state index is 0.416. The quantitative estimate of drug-likeness (QED) is 0.346. The molecule has 0 radical (unpaired) electrons. The molecule has 0 saturated heterocycles. The Bertz CT molecular complexity index is 1110. The van der Waals surface area contributed by atoms with Gasteiger partial charge in [0.15, 0.2) is 11.5 Å². The first-order chi connectivity index (χ1) is 14.1. The maximum atomic E-state index is 9.58. The zero-order valence-electron chi connectivity index (χ0n) is 15.7. The van der Waals surface area contributed by atoms with Crippen LogP contribution in [0.2, 0.25) is 0 Å². The number of nitriles is 2. The first-order valence-electron chi connectivity index (χ1n) is 8.81. The number of hydrogen-bond acceptors (Lipinski definition) is 4. The van der Waals surface area contributed by atoms with E-state index in [9.17, 15) is 5.26 Å². The maximum absolute atomic E-state index is 9.58. The van der Waals surface area contributed by atoms with Crippen LogP contribution in [-0.2, 0) is 6.61 Å². The molecule has 142 valence electrons. The van der Waals surface area contributed by atoms with Crippen LogP contribution < -0.4 is 9.47 Å². The third-order valence-electron chi connectivity index (χ3n) is 4.23. The van der Waals surface area contributed by atoms with E-state index in [4.69, 9.17) is 14.7 Å². The predicted molar refractivity (Wildman–Crippen MR) is 116 cm³/mol. The molecule has 0 unspecified atom stereocenters. The molecule has 0 aliphatic heterocycles. The summed E-state index contributed by atoms with van der Waals surface area (Å²) in [4.78, 5) is 0. The van der Waals surface area contributed by atoms with Gasteiger partial charge in [0, 0.05) is 0 Å². The van der Waals surface area contributed by atoms with Crippen molar-refractivity contribution in [2.45, 2.75) is 6.61 Å². The molecule has 0 aromatic heterocycles. The molecule has 4 nitrogen and oxygen atoms in total. The van der Waals surface area contributed by atoms with Gasteiger partial charge in [0.2, 0.25) is 0 Å². The van der Waals surface area contributed by atoms with Gasteiger partial charge in [0.1, 0.15) is 6.61 Å². The Morgan fingerprint density at radius 2 is 1.76 bits per heavy atom. The zero-order chi connectivity index (χ0) is 20.6. The molecule has 29 heavy (non-hydrogen) atoms. The Morgan fingerprint density at radius 1 is 1.03 bits per heavy atom. The van der Waals surface area contributed by atoms with E-state index in [1.165, 1.54) is 0 Å². The first-order valence-corrected chi connectivity index (χ1v) is 9.60. The number of methoxy groups -OCH3 is 1. The van der Waals surface area contributed by atoms with E-state index in [-0.39, 0.29) is 0 Å². The molecule has 3 rings (SSSR count). The monoisotopic (exact) mass is 444 g/mol. The van der Waals surface area contributed by atoms with Gasteiger partial charge >= 0.3 is 0 Å². The summed E-state index contributed by atoms with van der Waals surface area (Å²) in [6.07, 6.45) is 1.77. The predicted octanol–water partition coefficient (Wildman–Crippen LogP) is 5.97. The molecule has 0 N–H and O–H groups in total. The van der Waals surface area contributed by atoms with Gasteiger partial charge in [0.25, 0.3) is 0 Å². The molecule has 5 heteroatoms. The van der Waals surface area contributed by atoms with E-state index >= 15 is 0 Å². The van der Waals surface area contributed by atoms with Crippen molar-refractivity contribution in [1.82, 2.24) is 0 Å². The van der Waals surface area contributed by atoms with Crippen LogP contribution in [0, 0.1) is 22.7 Å². The van der Waals surface area contributed by atoms with Crippen LogP contribution in [0.1, 0.15) is 22.3 Å². The second kappa shape index (κ2) is 9.59. The Kier molecular flexibility index (Phi) is 6.68. The second-order valence-corrected chi connectivity index (χ2v) is 7.02. The highest BCUT2D eigenvalue weighted by Gasteiger charge is 2.12. The van der Waals surface area contributed by atoms with Gasteiger partial charge in [-0.25, -0.2) is 0 Å². The number of benzene rings is 3. The van der Waals surface area contributed by atoms with E-state index in [0.29, 0.717) is 29.2 Å². The molecule has 0 fully saturated rings. The van der Waals surface area contributed by atoms with Crippen molar-refractivity contribution < 1.29 is 9.47 Å². The number of hydrogen-bond donors (Lipinski definition) is 0.